The van der Waals surface area contributed by atoms with Crippen LogP contribution in [0.5, 0.6) is 17.2 Å². The summed E-state index contributed by atoms with van der Waals surface area (Å²) in [6, 6.07) is 17.1. The molecule has 0 saturated carbocycles. The van der Waals surface area contributed by atoms with Crippen LogP contribution in [0, 0.1) is 11.8 Å². The van der Waals surface area contributed by atoms with Crippen LogP contribution in [-0.4, -0.2) is 30.8 Å². The third kappa shape index (κ3) is 7.06. The second kappa shape index (κ2) is 12.2. The van der Waals surface area contributed by atoms with E-state index in [0.717, 1.165) is 5.56 Å². The van der Waals surface area contributed by atoms with Crippen LogP contribution < -0.4 is 19.9 Å². The van der Waals surface area contributed by atoms with Crippen LogP contribution in [0.3, 0.4) is 0 Å². The minimum Gasteiger partial charge on any atom is -0.497 e. The van der Waals surface area contributed by atoms with Gasteiger partial charge in [0.05, 0.1) is 17.2 Å². The van der Waals surface area contributed by atoms with Gasteiger partial charge in [0, 0.05) is 11.1 Å². The Kier molecular flexibility index (Phi) is 9.06. The van der Waals surface area contributed by atoms with Crippen LogP contribution in [0.25, 0.3) is 0 Å². The zero-order valence-electron chi connectivity index (χ0n) is 18.4. The van der Waals surface area contributed by atoms with Crippen LogP contribution >= 0.6 is 23.2 Å². The fraction of sp³-hybridized carbons (Fsp3) is 0.192. The highest BCUT2D eigenvalue weighted by molar-refractivity contribution is 6.37. The average molecular weight is 500 g/mol. The molecule has 0 spiro atoms. The number of aliphatic carboxylic acids is 1. The normalized spacial score (nSPS) is 11.2. The molecule has 176 valence electrons. The summed E-state index contributed by atoms with van der Waals surface area (Å²) in [7, 11) is 1.57. The van der Waals surface area contributed by atoms with Gasteiger partial charge in [-0.05, 0) is 54.4 Å². The first-order valence-electron chi connectivity index (χ1n) is 10.3. The molecule has 0 aliphatic rings. The minimum absolute atomic E-state index is 0.0902. The number of benzene rings is 3. The Morgan fingerprint density at radius 1 is 1.06 bits per heavy atom. The summed E-state index contributed by atoms with van der Waals surface area (Å²) in [5.74, 6) is 6.42. The van der Waals surface area contributed by atoms with E-state index < -0.39 is 12.0 Å². The number of methoxy groups -OCH3 is 1. The van der Waals surface area contributed by atoms with Gasteiger partial charge in [-0.25, -0.2) is 0 Å². The quantitative estimate of drug-likeness (QED) is 0.404. The molecule has 8 heteroatoms. The number of hydrogen-bond acceptors (Lipinski definition) is 5. The molecule has 3 aromatic rings. The predicted octanol–water partition coefficient (Wildman–Crippen LogP) is 4.97. The van der Waals surface area contributed by atoms with Gasteiger partial charge < -0.3 is 25.1 Å². The highest BCUT2D eigenvalue weighted by Gasteiger charge is 2.16. The van der Waals surface area contributed by atoms with E-state index in [1.807, 2.05) is 30.3 Å². The summed E-state index contributed by atoms with van der Waals surface area (Å²) < 4.78 is 17.1. The summed E-state index contributed by atoms with van der Waals surface area (Å²) in [6.45, 7) is 0.292. The molecule has 6 nitrogen and oxygen atoms in total. The van der Waals surface area contributed by atoms with E-state index in [9.17, 15) is 4.79 Å². The second-order valence-electron chi connectivity index (χ2n) is 7.26. The SMILES string of the molecule is COc1ccc(OCC#Cc2ccccc2)c(COc2c(Cl)cc(CC(N)C(=O)O)cc2Cl)c1. The standard InChI is InChI=1S/C26H23Cl2NO5/c1-32-20-9-10-24(33-11-5-8-17-6-3-2-4-7-17)19(15-20)16-34-25-21(27)12-18(13-22(25)28)14-23(29)26(30)31/h2-4,6-7,9-10,12-13,15,23H,11,14,16,29H2,1H3,(H,30,31). The van der Waals surface area contributed by atoms with Gasteiger partial charge in [-0.2, -0.15) is 0 Å². The summed E-state index contributed by atoms with van der Waals surface area (Å²) in [5, 5.41) is 9.50. The van der Waals surface area contributed by atoms with Crippen LogP contribution in [0.1, 0.15) is 16.7 Å². The molecule has 3 rings (SSSR count). The zero-order chi connectivity index (χ0) is 24.5. The van der Waals surface area contributed by atoms with Crippen molar-refractivity contribution in [1.29, 1.82) is 0 Å². The number of rotatable bonds is 9. The van der Waals surface area contributed by atoms with E-state index in [2.05, 4.69) is 11.8 Å². The predicted molar refractivity (Wildman–Crippen MR) is 132 cm³/mol. The first-order valence-corrected chi connectivity index (χ1v) is 11.1. The van der Waals surface area contributed by atoms with Crippen LogP contribution in [-0.2, 0) is 17.8 Å². The highest BCUT2D eigenvalue weighted by atomic mass is 35.5. The lowest BCUT2D eigenvalue weighted by Crippen LogP contribution is -2.32. The minimum atomic E-state index is -1.11. The maximum absolute atomic E-state index is 11.0. The summed E-state index contributed by atoms with van der Waals surface area (Å²) in [6.07, 6.45) is 0.0902. The van der Waals surface area contributed by atoms with Gasteiger partial charge in [-0.3, -0.25) is 4.79 Å². The molecule has 3 aromatic carbocycles. The zero-order valence-corrected chi connectivity index (χ0v) is 19.9. The largest absolute Gasteiger partial charge is 0.497 e. The van der Waals surface area contributed by atoms with Crippen molar-refractivity contribution in [2.45, 2.75) is 19.1 Å². The monoisotopic (exact) mass is 499 g/mol. The van der Waals surface area contributed by atoms with Crippen molar-refractivity contribution in [1.82, 2.24) is 0 Å². The van der Waals surface area contributed by atoms with Crippen molar-refractivity contribution in [2.75, 3.05) is 13.7 Å². The van der Waals surface area contributed by atoms with E-state index in [4.69, 9.17) is 48.3 Å². The van der Waals surface area contributed by atoms with E-state index in [1.54, 1.807) is 37.4 Å². The number of nitrogens with two attached hydrogens (primary N) is 1. The Balaban J connectivity index is 1.72. The van der Waals surface area contributed by atoms with Gasteiger partial charge in [0.1, 0.15) is 30.8 Å². The van der Waals surface area contributed by atoms with Crippen molar-refractivity contribution in [3.8, 4) is 29.1 Å². The molecule has 1 unspecified atom stereocenters. The first kappa shape index (κ1) is 25.3. The van der Waals surface area contributed by atoms with Crippen molar-refractivity contribution in [3.63, 3.8) is 0 Å². The molecule has 0 aliphatic carbocycles. The number of halogens is 2. The third-order valence-corrected chi connectivity index (χ3v) is 5.34. The Morgan fingerprint density at radius 2 is 1.76 bits per heavy atom. The molecule has 0 saturated heterocycles. The molecular weight excluding hydrogens is 477 g/mol. The second-order valence-corrected chi connectivity index (χ2v) is 8.07. The summed E-state index contributed by atoms with van der Waals surface area (Å²) in [4.78, 5) is 11.0. The lowest BCUT2D eigenvalue weighted by molar-refractivity contribution is -0.138. The maximum atomic E-state index is 11.0. The number of carboxylic acids is 1. The average Bonchev–Trinajstić information content (AvgIpc) is 2.82. The molecule has 34 heavy (non-hydrogen) atoms. The van der Waals surface area contributed by atoms with Crippen molar-refractivity contribution in [2.24, 2.45) is 5.73 Å². The van der Waals surface area contributed by atoms with Crippen molar-refractivity contribution < 1.29 is 24.1 Å². The van der Waals surface area contributed by atoms with Gasteiger partial charge in [0.2, 0.25) is 0 Å². The molecule has 0 bridgehead atoms. The summed E-state index contributed by atoms with van der Waals surface area (Å²) >= 11 is 12.7. The number of hydrogen-bond donors (Lipinski definition) is 2. The van der Waals surface area contributed by atoms with Crippen molar-refractivity contribution >= 4 is 29.2 Å². The Labute approximate surface area is 208 Å². The van der Waals surface area contributed by atoms with Crippen LogP contribution in [0.15, 0.2) is 60.7 Å². The molecule has 0 amide bonds. The van der Waals surface area contributed by atoms with Gasteiger partial charge in [-0.15, -0.1) is 0 Å². The Bertz CT molecular complexity index is 1180. The summed E-state index contributed by atoms with van der Waals surface area (Å²) in [5.41, 5.74) is 7.81. The number of carboxylic acid groups (broad SMARTS) is 1. The number of ether oxygens (including phenoxy) is 3. The van der Waals surface area contributed by atoms with Gasteiger partial charge in [-0.1, -0.05) is 53.2 Å². The molecule has 0 aromatic heterocycles. The van der Waals surface area contributed by atoms with Crippen molar-refractivity contribution in [3.05, 3.63) is 87.4 Å². The third-order valence-electron chi connectivity index (χ3n) is 4.78. The number of carbonyl (C=O) groups is 1. The molecule has 0 fully saturated rings. The topological polar surface area (TPSA) is 91.0 Å². The fourth-order valence-electron chi connectivity index (χ4n) is 3.07. The molecule has 0 aliphatic heterocycles. The first-order chi connectivity index (χ1) is 16.4. The maximum Gasteiger partial charge on any atom is 0.320 e. The van der Waals surface area contributed by atoms with Crippen LogP contribution in [0.2, 0.25) is 10.0 Å². The molecule has 0 radical (unpaired) electrons. The molecular formula is C26H23Cl2NO5. The van der Waals surface area contributed by atoms with E-state index in [1.165, 1.54) is 0 Å². The lowest BCUT2D eigenvalue weighted by Gasteiger charge is -2.15. The highest BCUT2D eigenvalue weighted by Crippen LogP contribution is 2.36. The molecule has 1 atom stereocenters. The molecule has 0 heterocycles. The van der Waals surface area contributed by atoms with Gasteiger partial charge >= 0.3 is 5.97 Å². The van der Waals surface area contributed by atoms with E-state index in [0.29, 0.717) is 22.6 Å². The van der Waals surface area contributed by atoms with E-state index in [-0.39, 0.29) is 35.4 Å². The van der Waals surface area contributed by atoms with Gasteiger partial charge in [0.25, 0.3) is 0 Å². The smallest absolute Gasteiger partial charge is 0.320 e. The molecule has 3 N–H and O–H groups in total. The lowest BCUT2D eigenvalue weighted by atomic mass is 10.1. The fourth-order valence-corrected chi connectivity index (χ4v) is 3.71. The Morgan fingerprint density at radius 3 is 2.41 bits per heavy atom. The van der Waals surface area contributed by atoms with Crippen LogP contribution in [0.4, 0.5) is 0 Å². The van der Waals surface area contributed by atoms with E-state index >= 15 is 0 Å². The Hall–Kier alpha value is -3.37. The van der Waals surface area contributed by atoms with Gasteiger partial charge in [0.15, 0.2) is 5.75 Å².